The van der Waals surface area contributed by atoms with Gasteiger partial charge in [-0.25, -0.2) is 0 Å². The minimum atomic E-state index is 0.00486. The van der Waals surface area contributed by atoms with Gasteiger partial charge in [-0.05, 0) is 53.6 Å². The third-order valence-electron chi connectivity index (χ3n) is 4.40. The number of hydrogen-bond acceptors (Lipinski definition) is 2. The summed E-state index contributed by atoms with van der Waals surface area (Å²) in [6, 6.07) is 15.1. The van der Waals surface area contributed by atoms with Crippen LogP contribution < -0.4 is 0 Å². The highest BCUT2D eigenvalue weighted by atomic mass is 16.3. The summed E-state index contributed by atoms with van der Waals surface area (Å²) in [5, 5.41) is 19.0. The molecule has 0 aliphatic heterocycles. The molecule has 0 spiro atoms. The Bertz CT molecular complexity index is 553. The van der Waals surface area contributed by atoms with Gasteiger partial charge in [0.25, 0.3) is 0 Å². The Morgan fingerprint density at radius 2 is 1.05 bits per heavy atom. The standard InChI is InChI=1S/C18H20O2/c1-17(2)11-18(12-17,13-3-7-15(19)8-4-13)14-5-9-16(20)10-6-14/h3-10,19-20H,11-12H2,1-2H3. The summed E-state index contributed by atoms with van der Waals surface area (Å²) in [5.74, 6) is 0.598. The number of hydrogen-bond donors (Lipinski definition) is 2. The lowest BCUT2D eigenvalue weighted by atomic mass is 9.49. The van der Waals surface area contributed by atoms with Gasteiger partial charge in [-0.3, -0.25) is 0 Å². The predicted molar refractivity (Wildman–Crippen MR) is 80.0 cm³/mol. The van der Waals surface area contributed by atoms with Gasteiger partial charge in [-0.1, -0.05) is 38.1 Å². The van der Waals surface area contributed by atoms with Gasteiger partial charge in [0, 0.05) is 5.41 Å². The quantitative estimate of drug-likeness (QED) is 0.856. The van der Waals surface area contributed by atoms with Crippen LogP contribution in [0, 0.1) is 5.41 Å². The van der Waals surface area contributed by atoms with E-state index >= 15 is 0 Å². The molecule has 0 radical (unpaired) electrons. The Hall–Kier alpha value is -1.96. The van der Waals surface area contributed by atoms with Gasteiger partial charge in [0.05, 0.1) is 0 Å². The monoisotopic (exact) mass is 268 g/mol. The molecule has 2 N–H and O–H groups in total. The molecule has 104 valence electrons. The van der Waals surface area contributed by atoms with Crippen molar-refractivity contribution in [3.8, 4) is 11.5 Å². The maximum atomic E-state index is 9.49. The van der Waals surface area contributed by atoms with Gasteiger partial charge in [0.15, 0.2) is 0 Å². The van der Waals surface area contributed by atoms with E-state index in [1.54, 1.807) is 24.3 Å². The van der Waals surface area contributed by atoms with Gasteiger partial charge < -0.3 is 10.2 Å². The third-order valence-corrected chi connectivity index (χ3v) is 4.40. The van der Waals surface area contributed by atoms with Gasteiger partial charge in [0.1, 0.15) is 11.5 Å². The summed E-state index contributed by atoms with van der Waals surface area (Å²) in [5.41, 5.74) is 2.81. The van der Waals surface area contributed by atoms with Gasteiger partial charge in [-0.15, -0.1) is 0 Å². The fourth-order valence-corrected chi connectivity index (χ4v) is 3.72. The molecule has 2 nitrogen and oxygen atoms in total. The fraction of sp³-hybridized carbons (Fsp3) is 0.333. The number of aromatic hydroxyl groups is 2. The van der Waals surface area contributed by atoms with E-state index in [0.717, 1.165) is 12.8 Å². The summed E-state index contributed by atoms with van der Waals surface area (Å²) in [7, 11) is 0. The first-order chi connectivity index (χ1) is 9.41. The highest BCUT2D eigenvalue weighted by Crippen LogP contribution is 2.58. The number of phenolic OH excluding ortho intramolecular Hbond substituents is 2. The third kappa shape index (κ3) is 2.05. The van der Waals surface area contributed by atoms with E-state index in [1.165, 1.54) is 11.1 Å². The Kier molecular flexibility index (Phi) is 2.79. The van der Waals surface area contributed by atoms with Crippen molar-refractivity contribution < 1.29 is 10.2 Å². The second-order valence-corrected chi connectivity index (χ2v) is 6.69. The Labute approximate surface area is 119 Å². The Morgan fingerprint density at radius 3 is 1.35 bits per heavy atom. The zero-order valence-electron chi connectivity index (χ0n) is 11.9. The first-order valence-corrected chi connectivity index (χ1v) is 7.00. The predicted octanol–water partition coefficient (Wildman–Crippen LogP) is 4.20. The SMILES string of the molecule is CC1(C)CC(c2ccc(O)cc2)(c2ccc(O)cc2)C1. The Morgan fingerprint density at radius 1 is 0.700 bits per heavy atom. The second-order valence-electron chi connectivity index (χ2n) is 6.69. The fourth-order valence-electron chi connectivity index (χ4n) is 3.72. The van der Waals surface area contributed by atoms with Crippen molar-refractivity contribution in [3.05, 3.63) is 59.7 Å². The summed E-state index contributed by atoms with van der Waals surface area (Å²) in [4.78, 5) is 0. The van der Waals surface area contributed by atoms with Crippen LogP contribution in [-0.2, 0) is 5.41 Å². The van der Waals surface area contributed by atoms with Crippen molar-refractivity contribution in [3.63, 3.8) is 0 Å². The number of phenols is 2. The largest absolute Gasteiger partial charge is 0.508 e. The van der Waals surface area contributed by atoms with E-state index in [2.05, 4.69) is 13.8 Å². The van der Waals surface area contributed by atoms with E-state index in [9.17, 15) is 10.2 Å². The highest BCUT2D eigenvalue weighted by Gasteiger charge is 2.51. The van der Waals surface area contributed by atoms with E-state index < -0.39 is 0 Å². The van der Waals surface area contributed by atoms with Crippen LogP contribution >= 0.6 is 0 Å². The minimum absolute atomic E-state index is 0.00486. The highest BCUT2D eigenvalue weighted by molar-refractivity contribution is 5.46. The molecule has 1 aliphatic rings. The lowest BCUT2D eigenvalue weighted by Gasteiger charge is -2.54. The molecule has 0 unspecified atom stereocenters. The van der Waals surface area contributed by atoms with Crippen molar-refractivity contribution in [1.82, 2.24) is 0 Å². The molecule has 0 amide bonds. The minimum Gasteiger partial charge on any atom is -0.508 e. The van der Waals surface area contributed by atoms with E-state index in [0.29, 0.717) is 16.9 Å². The molecule has 0 aromatic heterocycles. The van der Waals surface area contributed by atoms with Gasteiger partial charge in [0.2, 0.25) is 0 Å². The van der Waals surface area contributed by atoms with Crippen molar-refractivity contribution in [2.24, 2.45) is 5.41 Å². The summed E-state index contributed by atoms with van der Waals surface area (Å²) >= 11 is 0. The average molecular weight is 268 g/mol. The first-order valence-electron chi connectivity index (χ1n) is 7.00. The molecule has 0 saturated heterocycles. The van der Waals surface area contributed by atoms with E-state index in [-0.39, 0.29) is 5.41 Å². The molecular weight excluding hydrogens is 248 g/mol. The van der Waals surface area contributed by atoms with Crippen LogP contribution in [0.4, 0.5) is 0 Å². The molecule has 0 atom stereocenters. The molecule has 0 bridgehead atoms. The number of benzene rings is 2. The molecule has 0 heterocycles. The molecule has 2 aromatic carbocycles. The normalized spacial score (nSPS) is 19.3. The molecule has 1 saturated carbocycles. The maximum absolute atomic E-state index is 9.49. The molecule has 2 aromatic rings. The topological polar surface area (TPSA) is 40.5 Å². The van der Waals surface area contributed by atoms with Crippen LogP contribution in [0.3, 0.4) is 0 Å². The Balaban J connectivity index is 2.06. The first kappa shape index (κ1) is 13.0. The lowest BCUT2D eigenvalue weighted by molar-refractivity contribution is 0.0882. The van der Waals surface area contributed by atoms with Crippen molar-refractivity contribution in [2.75, 3.05) is 0 Å². The second kappa shape index (κ2) is 4.27. The summed E-state index contributed by atoms with van der Waals surface area (Å²) in [6.07, 6.45) is 2.16. The smallest absolute Gasteiger partial charge is 0.115 e. The van der Waals surface area contributed by atoms with Gasteiger partial charge >= 0.3 is 0 Å². The number of rotatable bonds is 2. The molecular formula is C18H20O2. The van der Waals surface area contributed by atoms with Crippen molar-refractivity contribution in [2.45, 2.75) is 32.1 Å². The van der Waals surface area contributed by atoms with E-state index in [1.807, 2.05) is 24.3 Å². The summed E-state index contributed by atoms with van der Waals surface area (Å²) in [6.45, 7) is 4.57. The van der Waals surface area contributed by atoms with E-state index in [4.69, 9.17) is 0 Å². The molecule has 1 fully saturated rings. The summed E-state index contributed by atoms with van der Waals surface area (Å²) < 4.78 is 0. The lowest BCUT2D eigenvalue weighted by Crippen LogP contribution is -2.47. The molecule has 1 aliphatic carbocycles. The van der Waals surface area contributed by atoms with Crippen molar-refractivity contribution in [1.29, 1.82) is 0 Å². The molecule has 2 heteroatoms. The molecule has 3 rings (SSSR count). The van der Waals surface area contributed by atoms with Crippen LogP contribution in [-0.4, -0.2) is 10.2 Å². The van der Waals surface area contributed by atoms with Crippen LogP contribution in [0.15, 0.2) is 48.5 Å². The zero-order chi connectivity index (χ0) is 14.4. The van der Waals surface area contributed by atoms with Crippen LogP contribution in [0.5, 0.6) is 11.5 Å². The molecule has 20 heavy (non-hydrogen) atoms. The zero-order valence-corrected chi connectivity index (χ0v) is 11.9. The van der Waals surface area contributed by atoms with Crippen LogP contribution in [0.2, 0.25) is 0 Å². The van der Waals surface area contributed by atoms with Crippen molar-refractivity contribution >= 4 is 0 Å². The van der Waals surface area contributed by atoms with Gasteiger partial charge in [-0.2, -0.15) is 0 Å². The van der Waals surface area contributed by atoms with Crippen LogP contribution in [0.1, 0.15) is 37.8 Å². The van der Waals surface area contributed by atoms with Crippen LogP contribution in [0.25, 0.3) is 0 Å². The average Bonchev–Trinajstić information content (AvgIpc) is 2.37. The maximum Gasteiger partial charge on any atom is 0.115 e.